The number of hydrogen-bond acceptors (Lipinski definition) is 6. The summed E-state index contributed by atoms with van der Waals surface area (Å²) < 4.78 is 34.1. The first-order valence-electron chi connectivity index (χ1n) is 10.5. The second kappa shape index (κ2) is 11.0. The average Bonchev–Trinajstić information content (AvgIpc) is 3.17. The normalized spacial score (nSPS) is 11.9. The van der Waals surface area contributed by atoms with Crippen LogP contribution >= 0.6 is 11.8 Å². The van der Waals surface area contributed by atoms with Crippen LogP contribution in [0.2, 0.25) is 0 Å². The van der Waals surface area contributed by atoms with Crippen LogP contribution in [-0.2, 0) is 28.9 Å². The maximum absolute atomic E-state index is 12.4. The van der Waals surface area contributed by atoms with Gasteiger partial charge in [-0.25, -0.2) is 12.7 Å². The number of hydrogen-bond donors (Lipinski definition) is 0. The van der Waals surface area contributed by atoms with E-state index in [-0.39, 0.29) is 0 Å². The Bertz CT molecular complexity index is 1110. The molecular formula is C23H30N4O3S2. The minimum Gasteiger partial charge on any atom is -0.486 e. The number of ether oxygens (including phenoxy) is 1. The van der Waals surface area contributed by atoms with Crippen molar-refractivity contribution in [3.05, 3.63) is 66.0 Å². The lowest BCUT2D eigenvalue weighted by Gasteiger charge is -2.13. The Morgan fingerprint density at radius 3 is 2.50 bits per heavy atom. The van der Waals surface area contributed by atoms with E-state index >= 15 is 0 Å². The molecule has 7 nitrogen and oxygen atoms in total. The van der Waals surface area contributed by atoms with Crippen molar-refractivity contribution < 1.29 is 13.2 Å². The summed E-state index contributed by atoms with van der Waals surface area (Å²) in [5.41, 5.74) is 0.915. The molecule has 0 unspecified atom stereocenters. The number of rotatable bonds is 11. The summed E-state index contributed by atoms with van der Waals surface area (Å²) in [5, 5.41) is 9.56. The van der Waals surface area contributed by atoms with Crippen LogP contribution in [0.3, 0.4) is 0 Å². The lowest BCUT2D eigenvalue weighted by molar-refractivity contribution is 0.285. The summed E-state index contributed by atoms with van der Waals surface area (Å²) in [6, 6.07) is 16.7. The predicted molar refractivity (Wildman–Crippen MR) is 127 cm³/mol. The Hall–Kier alpha value is -2.36. The van der Waals surface area contributed by atoms with Crippen molar-refractivity contribution in [2.45, 2.75) is 49.2 Å². The molecule has 0 aliphatic carbocycles. The lowest BCUT2D eigenvalue weighted by atomic mass is 10.1. The minimum atomic E-state index is -3.46. The van der Waals surface area contributed by atoms with Gasteiger partial charge in [-0.15, -0.1) is 10.2 Å². The van der Waals surface area contributed by atoms with E-state index in [4.69, 9.17) is 4.74 Å². The van der Waals surface area contributed by atoms with Crippen molar-refractivity contribution in [2.75, 3.05) is 14.1 Å². The molecule has 0 aliphatic rings. The Balaban J connectivity index is 1.75. The molecule has 0 amide bonds. The van der Waals surface area contributed by atoms with Gasteiger partial charge in [0.15, 0.2) is 11.0 Å². The molecule has 0 fully saturated rings. The number of para-hydroxylation sites is 1. The molecule has 0 saturated heterocycles. The quantitative estimate of drug-likeness (QED) is 0.382. The number of aromatic nitrogens is 3. The summed E-state index contributed by atoms with van der Waals surface area (Å²) in [7, 11) is -0.394. The SMILES string of the molecule is CC(C)CCn1c(COc2ccccc2)nnc1SCc1cccc(S(=O)(=O)N(C)C)c1. The zero-order valence-electron chi connectivity index (χ0n) is 18.9. The molecule has 0 bridgehead atoms. The van der Waals surface area contributed by atoms with Gasteiger partial charge in [0, 0.05) is 26.4 Å². The smallest absolute Gasteiger partial charge is 0.242 e. The maximum Gasteiger partial charge on any atom is 0.242 e. The molecule has 0 atom stereocenters. The van der Waals surface area contributed by atoms with E-state index < -0.39 is 10.0 Å². The largest absolute Gasteiger partial charge is 0.486 e. The molecule has 0 aliphatic heterocycles. The summed E-state index contributed by atoms with van der Waals surface area (Å²) >= 11 is 1.55. The first-order valence-corrected chi connectivity index (χ1v) is 12.9. The van der Waals surface area contributed by atoms with Gasteiger partial charge >= 0.3 is 0 Å². The van der Waals surface area contributed by atoms with Crippen molar-refractivity contribution in [2.24, 2.45) is 5.92 Å². The second-order valence-corrected chi connectivity index (χ2v) is 11.2. The molecule has 3 aromatic rings. The van der Waals surface area contributed by atoms with Crippen LogP contribution in [0, 0.1) is 5.92 Å². The maximum atomic E-state index is 12.4. The summed E-state index contributed by atoms with van der Waals surface area (Å²) in [4.78, 5) is 0.291. The number of sulfonamides is 1. The molecule has 0 radical (unpaired) electrons. The molecule has 32 heavy (non-hydrogen) atoms. The van der Waals surface area contributed by atoms with E-state index in [9.17, 15) is 8.42 Å². The van der Waals surface area contributed by atoms with Gasteiger partial charge in [0.05, 0.1) is 4.90 Å². The molecule has 1 heterocycles. The van der Waals surface area contributed by atoms with Gasteiger partial charge in [-0.3, -0.25) is 0 Å². The van der Waals surface area contributed by atoms with Crippen molar-refractivity contribution in [3.63, 3.8) is 0 Å². The van der Waals surface area contributed by atoms with E-state index in [1.54, 1.807) is 30.0 Å². The standard InChI is InChI=1S/C23H30N4O3S2/c1-18(2)13-14-27-22(16-30-20-10-6-5-7-11-20)24-25-23(27)31-17-19-9-8-12-21(15-19)32(28,29)26(3)4/h5-12,15,18H,13-14,16-17H2,1-4H3. The first kappa shape index (κ1) is 24.3. The highest BCUT2D eigenvalue weighted by Crippen LogP contribution is 2.25. The fourth-order valence-corrected chi connectivity index (χ4v) is 4.86. The Morgan fingerprint density at radius 1 is 1.06 bits per heavy atom. The third-order valence-corrected chi connectivity index (χ3v) is 7.73. The van der Waals surface area contributed by atoms with Crippen LogP contribution in [0.4, 0.5) is 0 Å². The fourth-order valence-electron chi connectivity index (χ4n) is 2.96. The third kappa shape index (κ3) is 6.34. The third-order valence-electron chi connectivity index (χ3n) is 4.88. The Morgan fingerprint density at radius 2 is 1.81 bits per heavy atom. The highest BCUT2D eigenvalue weighted by molar-refractivity contribution is 7.98. The monoisotopic (exact) mass is 474 g/mol. The van der Waals surface area contributed by atoms with E-state index in [0.29, 0.717) is 23.2 Å². The van der Waals surface area contributed by atoms with Crippen molar-refractivity contribution in [1.82, 2.24) is 19.1 Å². The van der Waals surface area contributed by atoms with E-state index in [1.807, 2.05) is 36.4 Å². The molecule has 3 rings (SSSR count). The molecule has 2 aromatic carbocycles. The average molecular weight is 475 g/mol. The van der Waals surface area contributed by atoms with Crippen molar-refractivity contribution >= 4 is 21.8 Å². The Labute approximate surface area is 194 Å². The van der Waals surface area contributed by atoms with Crippen LogP contribution in [-0.4, -0.2) is 41.6 Å². The molecule has 0 saturated carbocycles. The first-order chi connectivity index (χ1) is 15.3. The van der Waals surface area contributed by atoms with E-state index in [0.717, 1.165) is 35.3 Å². The van der Waals surface area contributed by atoms with Gasteiger partial charge in [-0.2, -0.15) is 0 Å². The van der Waals surface area contributed by atoms with Crippen molar-refractivity contribution in [1.29, 1.82) is 0 Å². The molecular weight excluding hydrogens is 444 g/mol. The second-order valence-electron chi connectivity index (χ2n) is 8.06. The van der Waals surface area contributed by atoms with Gasteiger partial charge < -0.3 is 9.30 Å². The van der Waals surface area contributed by atoms with E-state index in [1.165, 1.54) is 18.4 Å². The van der Waals surface area contributed by atoms with E-state index in [2.05, 4.69) is 28.6 Å². The van der Waals surface area contributed by atoms with Crippen LogP contribution < -0.4 is 4.74 Å². The van der Waals surface area contributed by atoms with Crippen molar-refractivity contribution in [3.8, 4) is 5.75 Å². The molecule has 172 valence electrons. The van der Waals surface area contributed by atoms with Gasteiger partial charge in [0.1, 0.15) is 12.4 Å². The van der Waals surface area contributed by atoms with Crippen LogP contribution in [0.25, 0.3) is 0 Å². The number of benzene rings is 2. The molecule has 0 N–H and O–H groups in total. The summed E-state index contributed by atoms with van der Waals surface area (Å²) in [5.74, 6) is 2.71. The summed E-state index contributed by atoms with van der Waals surface area (Å²) in [6.07, 6.45) is 1.00. The lowest BCUT2D eigenvalue weighted by Crippen LogP contribution is -2.22. The highest BCUT2D eigenvalue weighted by Gasteiger charge is 2.18. The zero-order chi connectivity index (χ0) is 23.1. The summed E-state index contributed by atoms with van der Waals surface area (Å²) in [6.45, 7) is 5.52. The fraction of sp³-hybridized carbons (Fsp3) is 0.391. The highest BCUT2D eigenvalue weighted by atomic mass is 32.2. The molecule has 9 heteroatoms. The zero-order valence-corrected chi connectivity index (χ0v) is 20.6. The predicted octanol–water partition coefficient (Wildman–Crippen LogP) is 4.45. The van der Waals surface area contributed by atoms with Crippen LogP contribution in [0.15, 0.2) is 64.6 Å². The van der Waals surface area contributed by atoms with Gasteiger partial charge in [-0.1, -0.05) is 55.9 Å². The molecule has 0 spiro atoms. The topological polar surface area (TPSA) is 77.3 Å². The number of thioether (sulfide) groups is 1. The van der Waals surface area contributed by atoms with Crippen LogP contribution in [0.1, 0.15) is 31.7 Å². The van der Waals surface area contributed by atoms with Crippen LogP contribution in [0.5, 0.6) is 5.75 Å². The van der Waals surface area contributed by atoms with Gasteiger partial charge in [0.2, 0.25) is 10.0 Å². The van der Waals surface area contributed by atoms with Gasteiger partial charge in [0.25, 0.3) is 0 Å². The Kier molecular flexibility index (Phi) is 8.33. The number of nitrogens with zero attached hydrogens (tertiary/aromatic N) is 4. The van der Waals surface area contributed by atoms with Gasteiger partial charge in [-0.05, 0) is 42.2 Å². The minimum absolute atomic E-state index is 0.291. The molecule has 1 aromatic heterocycles.